The van der Waals surface area contributed by atoms with Crippen LogP contribution in [0.15, 0.2) is 24.3 Å². The zero-order chi connectivity index (χ0) is 20.5. The van der Waals surface area contributed by atoms with Crippen LogP contribution in [0.4, 0.5) is 10.7 Å². The number of para-hydroxylation sites is 2. The molecule has 1 aliphatic rings. The molecule has 1 aromatic heterocycles. The van der Waals surface area contributed by atoms with Crippen molar-refractivity contribution in [3.8, 4) is 5.75 Å². The van der Waals surface area contributed by atoms with Crippen molar-refractivity contribution in [2.45, 2.75) is 47.0 Å². The van der Waals surface area contributed by atoms with Crippen molar-refractivity contribution in [1.29, 1.82) is 0 Å². The Morgan fingerprint density at radius 2 is 1.89 bits per heavy atom. The van der Waals surface area contributed by atoms with Gasteiger partial charge in [0.05, 0.1) is 18.4 Å². The molecule has 1 atom stereocenters. The maximum absolute atomic E-state index is 13.2. The number of anilines is 2. The fourth-order valence-corrected chi connectivity index (χ4v) is 4.71. The summed E-state index contributed by atoms with van der Waals surface area (Å²) in [7, 11) is 1.58. The van der Waals surface area contributed by atoms with Crippen LogP contribution in [0.1, 0.15) is 54.9 Å². The van der Waals surface area contributed by atoms with Crippen molar-refractivity contribution in [2.75, 3.05) is 17.7 Å². The van der Waals surface area contributed by atoms with Gasteiger partial charge in [-0.25, -0.2) is 0 Å². The Hall–Kier alpha value is -2.34. The summed E-state index contributed by atoms with van der Waals surface area (Å²) in [6.07, 6.45) is 2.85. The molecule has 0 spiro atoms. The van der Waals surface area contributed by atoms with Crippen LogP contribution in [0.2, 0.25) is 0 Å². The van der Waals surface area contributed by atoms with Crippen molar-refractivity contribution in [3.05, 3.63) is 40.3 Å². The molecular formula is C22H28N2O3S. The van der Waals surface area contributed by atoms with Crippen molar-refractivity contribution in [2.24, 2.45) is 11.3 Å². The van der Waals surface area contributed by atoms with Gasteiger partial charge in [-0.1, -0.05) is 39.8 Å². The predicted octanol–water partition coefficient (Wildman–Crippen LogP) is 5.12. The lowest BCUT2D eigenvalue weighted by molar-refractivity contribution is -0.123. The van der Waals surface area contributed by atoms with Crippen LogP contribution < -0.4 is 15.4 Å². The number of rotatable bonds is 4. The minimum Gasteiger partial charge on any atom is -0.495 e. The van der Waals surface area contributed by atoms with Crippen LogP contribution in [0.3, 0.4) is 0 Å². The second-order valence-corrected chi connectivity index (χ2v) is 9.52. The highest BCUT2D eigenvalue weighted by Gasteiger charge is 2.30. The number of thiophene rings is 1. The number of ether oxygens (including phenoxy) is 1. The Bertz CT molecular complexity index is 896. The van der Waals surface area contributed by atoms with Crippen LogP contribution in [0.25, 0.3) is 0 Å². The monoisotopic (exact) mass is 400 g/mol. The zero-order valence-corrected chi connectivity index (χ0v) is 18.0. The normalized spacial score (nSPS) is 16.2. The molecule has 28 heavy (non-hydrogen) atoms. The summed E-state index contributed by atoms with van der Waals surface area (Å²) in [6.45, 7) is 7.83. The average molecular weight is 401 g/mol. The first-order valence-electron chi connectivity index (χ1n) is 9.61. The van der Waals surface area contributed by atoms with Crippen LogP contribution in [-0.2, 0) is 17.6 Å². The SMILES string of the molecule is COc1ccccc1NC(=O)c1c(NC(=O)C(C)(C)C)sc2c1CC[C@@H](C)C2. The zero-order valence-electron chi connectivity index (χ0n) is 17.1. The summed E-state index contributed by atoms with van der Waals surface area (Å²) in [4.78, 5) is 27.0. The summed E-state index contributed by atoms with van der Waals surface area (Å²) >= 11 is 1.53. The first kappa shape index (κ1) is 20.4. The number of nitrogens with one attached hydrogen (secondary N) is 2. The second kappa shape index (κ2) is 7.95. The van der Waals surface area contributed by atoms with Gasteiger partial charge < -0.3 is 15.4 Å². The lowest BCUT2D eigenvalue weighted by Gasteiger charge is -2.19. The molecule has 0 aliphatic heterocycles. The largest absolute Gasteiger partial charge is 0.495 e. The van der Waals surface area contributed by atoms with Crippen LogP contribution in [0, 0.1) is 11.3 Å². The van der Waals surface area contributed by atoms with Gasteiger partial charge >= 0.3 is 0 Å². The molecule has 1 aliphatic carbocycles. The van der Waals surface area contributed by atoms with E-state index in [2.05, 4.69) is 17.6 Å². The van der Waals surface area contributed by atoms with E-state index < -0.39 is 5.41 Å². The number of hydrogen-bond acceptors (Lipinski definition) is 4. The van der Waals surface area contributed by atoms with Crippen molar-refractivity contribution in [1.82, 2.24) is 0 Å². The van der Waals surface area contributed by atoms with E-state index in [9.17, 15) is 9.59 Å². The van der Waals surface area contributed by atoms with Gasteiger partial charge in [0, 0.05) is 10.3 Å². The molecule has 3 rings (SSSR count). The van der Waals surface area contributed by atoms with E-state index >= 15 is 0 Å². The Kier molecular flexibility index (Phi) is 5.79. The van der Waals surface area contributed by atoms with Gasteiger partial charge in [0.2, 0.25) is 5.91 Å². The summed E-state index contributed by atoms with van der Waals surface area (Å²) in [5.74, 6) is 0.891. The fraction of sp³-hybridized carbons (Fsp3) is 0.455. The lowest BCUT2D eigenvalue weighted by Crippen LogP contribution is -2.28. The highest BCUT2D eigenvalue weighted by atomic mass is 32.1. The van der Waals surface area contributed by atoms with Gasteiger partial charge in [0.1, 0.15) is 10.8 Å². The Morgan fingerprint density at radius 3 is 2.57 bits per heavy atom. The molecule has 0 saturated carbocycles. The van der Waals surface area contributed by atoms with Crippen LogP contribution in [-0.4, -0.2) is 18.9 Å². The predicted molar refractivity (Wildman–Crippen MR) is 115 cm³/mol. The number of hydrogen-bond donors (Lipinski definition) is 2. The molecule has 2 N–H and O–H groups in total. The summed E-state index contributed by atoms with van der Waals surface area (Å²) < 4.78 is 5.35. The van der Waals surface area contributed by atoms with E-state index in [0.717, 1.165) is 24.8 Å². The minimum absolute atomic E-state index is 0.0921. The number of carbonyl (C=O) groups is 2. The third kappa shape index (κ3) is 4.22. The molecular weight excluding hydrogens is 372 g/mol. The summed E-state index contributed by atoms with van der Waals surface area (Å²) in [6, 6.07) is 7.33. The average Bonchev–Trinajstić information content (AvgIpc) is 2.98. The molecule has 0 fully saturated rings. The fourth-order valence-electron chi connectivity index (χ4n) is 3.30. The highest BCUT2D eigenvalue weighted by Crippen LogP contribution is 2.41. The Labute approximate surface area is 170 Å². The number of carbonyl (C=O) groups excluding carboxylic acids is 2. The van der Waals surface area contributed by atoms with E-state index in [0.29, 0.717) is 27.9 Å². The number of amides is 2. The maximum atomic E-state index is 13.2. The summed E-state index contributed by atoms with van der Waals surface area (Å²) in [5, 5.41) is 6.62. The first-order chi connectivity index (χ1) is 13.2. The Balaban J connectivity index is 1.98. The standard InChI is InChI=1S/C22H28N2O3S/c1-13-10-11-14-17(12-13)28-20(24-21(26)22(2,3)4)18(14)19(25)23-15-8-6-7-9-16(15)27-5/h6-9,13H,10-12H2,1-5H3,(H,23,25)(H,24,26)/t13-/m1/s1. The van der Waals surface area contributed by atoms with E-state index in [1.54, 1.807) is 7.11 Å². The second-order valence-electron chi connectivity index (χ2n) is 8.41. The van der Waals surface area contributed by atoms with Gasteiger partial charge in [-0.15, -0.1) is 11.3 Å². The quantitative estimate of drug-likeness (QED) is 0.749. The molecule has 1 aromatic carbocycles. The van der Waals surface area contributed by atoms with Gasteiger partial charge in [0.25, 0.3) is 5.91 Å². The van der Waals surface area contributed by atoms with E-state index in [1.165, 1.54) is 16.2 Å². The third-order valence-corrected chi connectivity index (χ3v) is 6.17. The van der Waals surface area contributed by atoms with Crippen LogP contribution >= 0.6 is 11.3 Å². The molecule has 2 amide bonds. The molecule has 150 valence electrons. The molecule has 0 unspecified atom stereocenters. The van der Waals surface area contributed by atoms with Gasteiger partial charge in [-0.2, -0.15) is 0 Å². The van der Waals surface area contributed by atoms with Gasteiger partial charge in [-0.05, 0) is 42.9 Å². The maximum Gasteiger partial charge on any atom is 0.259 e. The third-order valence-electron chi connectivity index (χ3n) is 5.00. The van der Waals surface area contributed by atoms with Gasteiger partial charge in [-0.3, -0.25) is 9.59 Å². The molecule has 0 saturated heterocycles. The van der Waals surface area contributed by atoms with Gasteiger partial charge in [0.15, 0.2) is 0 Å². The van der Waals surface area contributed by atoms with Crippen LogP contribution in [0.5, 0.6) is 5.75 Å². The first-order valence-corrected chi connectivity index (χ1v) is 10.4. The minimum atomic E-state index is -0.534. The molecule has 5 nitrogen and oxygen atoms in total. The lowest BCUT2D eigenvalue weighted by atomic mass is 9.88. The number of methoxy groups -OCH3 is 1. The smallest absolute Gasteiger partial charge is 0.259 e. The Morgan fingerprint density at radius 1 is 1.18 bits per heavy atom. The molecule has 1 heterocycles. The van der Waals surface area contributed by atoms with Crippen molar-refractivity contribution in [3.63, 3.8) is 0 Å². The highest BCUT2D eigenvalue weighted by molar-refractivity contribution is 7.17. The topological polar surface area (TPSA) is 67.4 Å². The van der Waals surface area contributed by atoms with Crippen molar-refractivity contribution >= 4 is 33.8 Å². The molecule has 0 radical (unpaired) electrons. The van der Waals surface area contributed by atoms with E-state index in [-0.39, 0.29) is 11.8 Å². The molecule has 2 aromatic rings. The summed E-state index contributed by atoms with van der Waals surface area (Å²) in [5.41, 5.74) is 1.75. The van der Waals surface area contributed by atoms with Crippen molar-refractivity contribution < 1.29 is 14.3 Å². The number of fused-ring (bicyclic) bond motifs is 1. The van der Waals surface area contributed by atoms with E-state index in [1.807, 2.05) is 45.0 Å². The molecule has 0 bridgehead atoms. The number of benzene rings is 1. The molecule has 6 heteroatoms. The van der Waals surface area contributed by atoms with E-state index in [4.69, 9.17) is 4.74 Å².